The molecule has 1 amide bonds. The van der Waals surface area contributed by atoms with Crippen molar-refractivity contribution in [3.63, 3.8) is 0 Å². The van der Waals surface area contributed by atoms with Crippen LogP contribution < -0.4 is 10.1 Å². The second-order valence-electron chi connectivity index (χ2n) is 5.09. The van der Waals surface area contributed by atoms with E-state index in [2.05, 4.69) is 10.4 Å². The molecule has 6 heteroatoms. The largest absolute Gasteiger partial charge is 0.497 e. The summed E-state index contributed by atoms with van der Waals surface area (Å²) in [6.45, 7) is 2.30. The van der Waals surface area contributed by atoms with Gasteiger partial charge in [0.2, 0.25) is 5.91 Å². The van der Waals surface area contributed by atoms with E-state index >= 15 is 0 Å². The predicted molar refractivity (Wildman–Crippen MR) is 82.4 cm³/mol. The lowest BCUT2D eigenvalue weighted by atomic mass is 10.0. The van der Waals surface area contributed by atoms with Crippen LogP contribution in [0.4, 0.5) is 0 Å². The van der Waals surface area contributed by atoms with E-state index in [1.165, 1.54) is 0 Å². The van der Waals surface area contributed by atoms with Gasteiger partial charge in [-0.2, -0.15) is 5.10 Å². The quantitative estimate of drug-likeness (QED) is 0.813. The summed E-state index contributed by atoms with van der Waals surface area (Å²) < 4.78 is 6.78. The predicted octanol–water partition coefficient (Wildman–Crippen LogP) is 1.52. The molecule has 0 fully saturated rings. The molecular formula is C16H21N3O3. The smallest absolute Gasteiger partial charge is 0.222 e. The molecule has 0 radical (unpaired) electrons. The third kappa shape index (κ3) is 4.33. The van der Waals surface area contributed by atoms with E-state index in [-0.39, 0.29) is 11.9 Å². The number of aromatic nitrogens is 2. The highest BCUT2D eigenvalue weighted by Gasteiger charge is 2.18. The number of nitrogens with zero attached hydrogens (tertiary/aromatic N) is 2. The van der Waals surface area contributed by atoms with Gasteiger partial charge in [-0.15, -0.1) is 0 Å². The van der Waals surface area contributed by atoms with Gasteiger partial charge >= 0.3 is 0 Å². The number of hydrogen-bond acceptors (Lipinski definition) is 4. The first-order valence-electron chi connectivity index (χ1n) is 7.19. The summed E-state index contributed by atoms with van der Waals surface area (Å²) in [5.41, 5.74) is 0.737. The van der Waals surface area contributed by atoms with Crippen molar-refractivity contribution in [3.8, 4) is 5.75 Å². The van der Waals surface area contributed by atoms with E-state index in [9.17, 15) is 9.90 Å². The van der Waals surface area contributed by atoms with Crippen LogP contribution in [-0.2, 0) is 11.3 Å². The zero-order valence-electron chi connectivity index (χ0n) is 12.8. The average molecular weight is 303 g/mol. The molecule has 118 valence electrons. The zero-order chi connectivity index (χ0) is 15.9. The van der Waals surface area contributed by atoms with E-state index in [0.717, 1.165) is 11.3 Å². The van der Waals surface area contributed by atoms with Crippen LogP contribution in [0.5, 0.6) is 5.75 Å². The van der Waals surface area contributed by atoms with Gasteiger partial charge in [0.25, 0.3) is 0 Å². The number of nitrogens with one attached hydrogen (secondary N) is 1. The fourth-order valence-electron chi connectivity index (χ4n) is 2.14. The Kier molecular flexibility index (Phi) is 5.55. The molecule has 0 saturated carbocycles. The lowest BCUT2D eigenvalue weighted by Gasteiger charge is -2.21. The Morgan fingerprint density at radius 3 is 2.73 bits per heavy atom. The number of aliphatic hydroxyl groups excluding tert-OH is 1. The van der Waals surface area contributed by atoms with E-state index in [4.69, 9.17) is 4.74 Å². The summed E-state index contributed by atoms with van der Waals surface area (Å²) in [6, 6.07) is 8.58. The fraction of sp³-hybridized carbons (Fsp3) is 0.375. The van der Waals surface area contributed by atoms with Crippen molar-refractivity contribution in [2.75, 3.05) is 7.11 Å². The van der Waals surface area contributed by atoms with Crippen molar-refractivity contribution in [2.24, 2.45) is 0 Å². The number of benzene rings is 1. The Hall–Kier alpha value is -2.34. The number of aryl methyl sites for hydroxylation is 1. The summed E-state index contributed by atoms with van der Waals surface area (Å²) in [5.74, 6) is 0.613. The van der Waals surface area contributed by atoms with Crippen molar-refractivity contribution in [1.82, 2.24) is 15.1 Å². The monoisotopic (exact) mass is 303 g/mol. The molecule has 0 aliphatic heterocycles. The summed E-state index contributed by atoms with van der Waals surface area (Å²) in [6.07, 6.45) is 3.04. The van der Waals surface area contributed by atoms with E-state index < -0.39 is 6.10 Å². The summed E-state index contributed by atoms with van der Waals surface area (Å²) in [7, 11) is 1.59. The minimum Gasteiger partial charge on any atom is -0.497 e. The molecule has 2 aromatic rings. The highest BCUT2D eigenvalue weighted by Crippen LogP contribution is 2.20. The standard InChI is InChI=1S/C16H21N3O3/c1-12(16(21)13-4-6-14(22-2)7-5-13)18-15(20)8-11-19-10-3-9-17-19/h3-7,9-10,12,16,21H,8,11H2,1-2H3,(H,18,20). The molecule has 0 spiro atoms. The molecule has 2 N–H and O–H groups in total. The second kappa shape index (κ2) is 7.61. The number of carbonyl (C=O) groups excluding carboxylic acids is 1. The van der Waals surface area contributed by atoms with Gasteiger partial charge in [0.05, 0.1) is 19.3 Å². The van der Waals surface area contributed by atoms with E-state index in [0.29, 0.717) is 13.0 Å². The molecule has 2 unspecified atom stereocenters. The van der Waals surface area contributed by atoms with Crippen LogP contribution in [0.3, 0.4) is 0 Å². The molecule has 2 rings (SSSR count). The molecule has 22 heavy (non-hydrogen) atoms. The van der Waals surface area contributed by atoms with Crippen LogP contribution in [0.1, 0.15) is 25.0 Å². The maximum absolute atomic E-state index is 11.9. The Bertz CT molecular complexity index is 581. The highest BCUT2D eigenvalue weighted by atomic mass is 16.5. The third-order valence-electron chi connectivity index (χ3n) is 3.45. The second-order valence-corrected chi connectivity index (χ2v) is 5.09. The number of carbonyl (C=O) groups is 1. The number of ether oxygens (including phenoxy) is 1. The van der Waals surface area contributed by atoms with Crippen molar-refractivity contribution in [1.29, 1.82) is 0 Å². The van der Waals surface area contributed by atoms with Gasteiger partial charge in [-0.1, -0.05) is 12.1 Å². The van der Waals surface area contributed by atoms with Crippen LogP contribution in [0.15, 0.2) is 42.7 Å². The maximum Gasteiger partial charge on any atom is 0.222 e. The first-order chi connectivity index (χ1) is 10.6. The summed E-state index contributed by atoms with van der Waals surface area (Å²) in [5, 5.41) is 17.1. The van der Waals surface area contributed by atoms with Crippen LogP contribution in [0, 0.1) is 0 Å². The number of hydrogen-bond donors (Lipinski definition) is 2. The average Bonchev–Trinajstić information content (AvgIpc) is 3.05. The summed E-state index contributed by atoms with van der Waals surface area (Å²) >= 11 is 0. The van der Waals surface area contributed by atoms with Crippen molar-refractivity contribution < 1.29 is 14.6 Å². The summed E-state index contributed by atoms with van der Waals surface area (Å²) in [4.78, 5) is 11.9. The van der Waals surface area contributed by atoms with Crippen LogP contribution >= 0.6 is 0 Å². The molecule has 2 atom stereocenters. The Labute approximate surface area is 129 Å². The van der Waals surface area contributed by atoms with Gasteiger partial charge in [0.15, 0.2) is 0 Å². The fourth-order valence-corrected chi connectivity index (χ4v) is 2.14. The maximum atomic E-state index is 11.9. The molecule has 1 aromatic carbocycles. The number of methoxy groups -OCH3 is 1. The molecule has 0 aliphatic rings. The van der Waals surface area contributed by atoms with Crippen LogP contribution in [0.2, 0.25) is 0 Å². The van der Waals surface area contributed by atoms with Gasteiger partial charge in [-0.05, 0) is 30.7 Å². The molecule has 1 aromatic heterocycles. The SMILES string of the molecule is COc1ccc(C(O)C(C)NC(=O)CCn2cccn2)cc1. The molecule has 1 heterocycles. The molecule has 0 bridgehead atoms. The van der Waals surface area contributed by atoms with E-state index in [1.54, 1.807) is 49.2 Å². The van der Waals surface area contributed by atoms with Gasteiger partial charge in [0.1, 0.15) is 5.75 Å². The Balaban J connectivity index is 1.84. The lowest BCUT2D eigenvalue weighted by molar-refractivity contribution is -0.122. The Morgan fingerprint density at radius 1 is 1.41 bits per heavy atom. The number of rotatable bonds is 7. The van der Waals surface area contributed by atoms with Crippen molar-refractivity contribution >= 4 is 5.91 Å². The minimum absolute atomic E-state index is 0.115. The first kappa shape index (κ1) is 16.0. The molecule has 6 nitrogen and oxygen atoms in total. The van der Waals surface area contributed by atoms with Gasteiger partial charge in [-0.3, -0.25) is 9.48 Å². The van der Waals surface area contributed by atoms with Crippen LogP contribution in [0.25, 0.3) is 0 Å². The normalized spacial score (nSPS) is 13.4. The van der Waals surface area contributed by atoms with Crippen LogP contribution in [-0.4, -0.2) is 33.9 Å². The first-order valence-corrected chi connectivity index (χ1v) is 7.19. The molecular weight excluding hydrogens is 282 g/mol. The van der Waals surface area contributed by atoms with Gasteiger partial charge in [-0.25, -0.2) is 0 Å². The number of amides is 1. The third-order valence-corrected chi connectivity index (χ3v) is 3.45. The lowest BCUT2D eigenvalue weighted by Crippen LogP contribution is -2.37. The van der Waals surface area contributed by atoms with Crippen molar-refractivity contribution in [3.05, 3.63) is 48.3 Å². The minimum atomic E-state index is -0.764. The molecule has 0 saturated heterocycles. The van der Waals surface area contributed by atoms with E-state index in [1.807, 2.05) is 12.3 Å². The number of aliphatic hydroxyl groups is 1. The Morgan fingerprint density at radius 2 is 2.14 bits per heavy atom. The van der Waals surface area contributed by atoms with Gasteiger partial charge < -0.3 is 15.2 Å². The highest BCUT2D eigenvalue weighted by molar-refractivity contribution is 5.76. The van der Waals surface area contributed by atoms with Gasteiger partial charge in [0, 0.05) is 25.4 Å². The topological polar surface area (TPSA) is 76.4 Å². The zero-order valence-corrected chi connectivity index (χ0v) is 12.8. The van der Waals surface area contributed by atoms with Crippen molar-refractivity contribution in [2.45, 2.75) is 32.0 Å². The molecule has 0 aliphatic carbocycles.